The first kappa shape index (κ1) is 21.3. The van der Waals surface area contributed by atoms with Gasteiger partial charge in [0.15, 0.2) is 6.29 Å². The van der Waals surface area contributed by atoms with Crippen LogP contribution in [0.25, 0.3) is 10.8 Å². The zero-order valence-corrected chi connectivity index (χ0v) is 18.3. The number of nitrogens with one attached hydrogen (secondary N) is 1. The Morgan fingerprint density at radius 2 is 1.65 bits per heavy atom. The van der Waals surface area contributed by atoms with Gasteiger partial charge in [-0.25, -0.2) is 0 Å². The SMILES string of the molecule is CC(C)COc1ccc(NC(=O)C2(C)COC(c3ccccc3)OC2)c2ccccc12. The number of anilines is 1. The van der Waals surface area contributed by atoms with Gasteiger partial charge in [0, 0.05) is 22.0 Å². The number of carbonyl (C=O) groups is 1. The van der Waals surface area contributed by atoms with Crippen molar-refractivity contribution in [2.45, 2.75) is 27.1 Å². The third kappa shape index (κ3) is 4.73. The molecule has 0 aliphatic carbocycles. The Kier molecular flexibility index (Phi) is 6.25. The summed E-state index contributed by atoms with van der Waals surface area (Å²) < 4.78 is 17.8. The molecule has 1 amide bonds. The second kappa shape index (κ2) is 9.08. The zero-order chi connectivity index (χ0) is 21.8. The van der Waals surface area contributed by atoms with Gasteiger partial charge in [0.1, 0.15) is 5.75 Å². The van der Waals surface area contributed by atoms with Crippen molar-refractivity contribution in [2.24, 2.45) is 11.3 Å². The Hall–Kier alpha value is -2.89. The predicted molar refractivity (Wildman–Crippen MR) is 122 cm³/mol. The van der Waals surface area contributed by atoms with Crippen LogP contribution in [0.5, 0.6) is 5.75 Å². The standard InChI is InChI=1S/C26H29NO4/c1-18(2)15-29-23-14-13-22(20-11-7-8-12-21(20)23)27-25(28)26(3)16-30-24(31-17-26)19-9-5-4-6-10-19/h4-14,18,24H,15-17H2,1-3H3,(H,27,28). The second-order valence-corrected chi connectivity index (χ2v) is 8.74. The largest absolute Gasteiger partial charge is 0.493 e. The van der Waals surface area contributed by atoms with Gasteiger partial charge < -0.3 is 19.5 Å². The van der Waals surface area contributed by atoms with Gasteiger partial charge >= 0.3 is 0 Å². The number of fused-ring (bicyclic) bond motifs is 1. The highest BCUT2D eigenvalue weighted by molar-refractivity contribution is 6.05. The van der Waals surface area contributed by atoms with Crippen LogP contribution in [0.4, 0.5) is 5.69 Å². The quantitative estimate of drug-likeness (QED) is 0.568. The number of hydrogen-bond acceptors (Lipinski definition) is 4. The molecule has 0 atom stereocenters. The molecule has 0 aromatic heterocycles. The maximum absolute atomic E-state index is 13.2. The molecule has 0 bridgehead atoms. The molecule has 31 heavy (non-hydrogen) atoms. The van der Waals surface area contributed by atoms with Crippen LogP contribution in [0, 0.1) is 11.3 Å². The van der Waals surface area contributed by atoms with E-state index in [1.807, 2.05) is 73.7 Å². The normalized spacial score (nSPS) is 21.2. The minimum atomic E-state index is -0.779. The summed E-state index contributed by atoms with van der Waals surface area (Å²) in [7, 11) is 0. The van der Waals surface area contributed by atoms with Gasteiger partial charge in [0.25, 0.3) is 0 Å². The van der Waals surface area contributed by atoms with Gasteiger partial charge in [-0.1, -0.05) is 68.4 Å². The monoisotopic (exact) mass is 419 g/mol. The molecule has 0 spiro atoms. The van der Waals surface area contributed by atoms with E-state index in [0.717, 1.165) is 27.8 Å². The lowest BCUT2D eigenvalue weighted by molar-refractivity contribution is -0.226. The smallest absolute Gasteiger partial charge is 0.235 e. The zero-order valence-electron chi connectivity index (χ0n) is 18.3. The van der Waals surface area contributed by atoms with E-state index in [1.54, 1.807) is 0 Å². The van der Waals surface area contributed by atoms with Gasteiger partial charge in [-0.05, 0) is 25.0 Å². The third-order valence-corrected chi connectivity index (χ3v) is 5.43. The predicted octanol–water partition coefficient (Wildman–Crippen LogP) is 5.57. The van der Waals surface area contributed by atoms with Gasteiger partial charge in [-0.2, -0.15) is 0 Å². The van der Waals surface area contributed by atoms with Gasteiger partial charge in [-0.3, -0.25) is 4.79 Å². The number of carbonyl (C=O) groups excluding carboxylic acids is 1. The van der Waals surface area contributed by atoms with Gasteiger partial charge in [-0.15, -0.1) is 0 Å². The first-order valence-electron chi connectivity index (χ1n) is 10.7. The van der Waals surface area contributed by atoms with Crippen LogP contribution < -0.4 is 10.1 Å². The fourth-order valence-corrected chi connectivity index (χ4v) is 3.58. The van der Waals surface area contributed by atoms with Gasteiger partial charge in [0.2, 0.25) is 5.91 Å². The van der Waals surface area contributed by atoms with Crippen LogP contribution in [-0.2, 0) is 14.3 Å². The Bertz CT molecular complexity index is 1040. The second-order valence-electron chi connectivity index (χ2n) is 8.74. The third-order valence-electron chi connectivity index (χ3n) is 5.43. The summed E-state index contributed by atoms with van der Waals surface area (Å²) in [6.07, 6.45) is -0.444. The van der Waals surface area contributed by atoms with Gasteiger partial charge in [0.05, 0.1) is 25.2 Å². The van der Waals surface area contributed by atoms with Crippen molar-refractivity contribution in [2.75, 3.05) is 25.1 Å². The van der Waals surface area contributed by atoms with Crippen molar-refractivity contribution < 1.29 is 19.0 Å². The van der Waals surface area contributed by atoms with E-state index in [4.69, 9.17) is 14.2 Å². The minimum absolute atomic E-state index is 0.125. The molecule has 1 aliphatic heterocycles. The van der Waals surface area contributed by atoms with Crippen molar-refractivity contribution in [1.29, 1.82) is 0 Å². The Morgan fingerprint density at radius 3 is 2.32 bits per heavy atom. The Balaban J connectivity index is 1.49. The van der Waals surface area contributed by atoms with E-state index < -0.39 is 11.7 Å². The highest BCUT2D eigenvalue weighted by Crippen LogP contribution is 2.35. The number of benzene rings is 3. The van der Waals surface area contributed by atoms with E-state index in [0.29, 0.717) is 12.5 Å². The molecule has 0 radical (unpaired) electrons. The lowest BCUT2D eigenvalue weighted by Gasteiger charge is -2.36. The maximum Gasteiger partial charge on any atom is 0.235 e. The van der Waals surface area contributed by atoms with E-state index >= 15 is 0 Å². The van der Waals surface area contributed by atoms with Crippen LogP contribution in [0.15, 0.2) is 66.7 Å². The van der Waals surface area contributed by atoms with E-state index in [2.05, 4.69) is 19.2 Å². The molecule has 1 fully saturated rings. The summed E-state index contributed by atoms with van der Waals surface area (Å²) >= 11 is 0. The van der Waals surface area contributed by atoms with Crippen molar-refractivity contribution in [3.8, 4) is 5.75 Å². The molecule has 5 nitrogen and oxygen atoms in total. The topological polar surface area (TPSA) is 56.8 Å². The molecule has 0 unspecified atom stereocenters. The lowest BCUT2D eigenvalue weighted by atomic mass is 9.90. The molecule has 0 saturated carbocycles. The maximum atomic E-state index is 13.2. The first-order valence-corrected chi connectivity index (χ1v) is 10.7. The summed E-state index contributed by atoms with van der Waals surface area (Å²) in [5.41, 5.74) is 0.927. The molecular formula is C26H29NO4. The van der Waals surface area contributed by atoms with Crippen LogP contribution in [0.3, 0.4) is 0 Å². The van der Waals surface area contributed by atoms with E-state index in [1.165, 1.54) is 0 Å². The molecule has 3 aromatic rings. The van der Waals surface area contributed by atoms with E-state index in [9.17, 15) is 4.79 Å². The summed E-state index contributed by atoms with van der Waals surface area (Å²) in [4.78, 5) is 13.2. The number of ether oxygens (including phenoxy) is 3. The number of amides is 1. The summed E-state index contributed by atoms with van der Waals surface area (Å²) in [5, 5.41) is 5.01. The molecule has 1 aliphatic rings. The molecule has 4 rings (SSSR count). The van der Waals surface area contributed by atoms with Crippen molar-refractivity contribution in [3.63, 3.8) is 0 Å². The fourth-order valence-electron chi connectivity index (χ4n) is 3.58. The molecular weight excluding hydrogens is 390 g/mol. The molecule has 1 N–H and O–H groups in total. The fraction of sp³-hybridized carbons (Fsp3) is 0.346. The molecule has 1 heterocycles. The average Bonchev–Trinajstić information content (AvgIpc) is 2.79. The van der Waals surface area contributed by atoms with Crippen LogP contribution >= 0.6 is 0 Å². The molecule has 3 aromatic carbocycles. The molecule has 162 valence electrons. The van der Waals surface area contributed by atoms with Crippen LogP contribution in [0.2, 0.25) is 0 Å². The summed E-state index contributed by atoms with van der Waals surface area (Å²) in [5.74, 6) is 1.13. The molecule has 5 heteroatoms. The lowest BCUT2D eigenvalue weighted by Crippen LogP contribution is -2.45. The van der Waals surface area contributed by atoms with Crippen LogP contribution in [0.1, 0.15) is 32.6 Å². The Morgan fingerprint density at radius 1 is 1.00 bits per heavy atom. The van der Waals surface area contributed by atoms with Crippen molar-refractivity contribution in [3.05, 3.63) is 72.3 Å². The summed E-state index contributed by atoms with van der Waals surface area (Å²) in [6.45, 7) is 7.32. The number of hydrogen-bond donors (Lipinski definition) is 1. The number of rotatable bonds is 6. The van der Waals surface area contributed by atoms with Crippen molar-refractivity contribution in [1.82, 2.24) is 0 Å². The first-order chi connectivity index (χ1) is 15.0. The van der Waals surface area contributed by atoms with E-state index in [-0.39, 0.29) is 19.1 Å². The van der Waals surface area contributed by atoms with Crippen molar-refractivity contribution >= 4 is 22.4 Å². The highest BCUT2D eigenvalue weighted by Gasteiger charge is 2.40. The minimum Gasteiger partial charge on any atom is -0.493 e. The van der Waals surface area contributed by atoms with Crippen LogP contribution in [-0.4, -0.2) is 25.7 Å². The Labute approximate surface area is 183 Å². The average molecular weight is 420 g/mol. The highest BCUT2D eigenvalue weighted by atomic mass is 16.7. The molecule has 1 saturated heterocycles. The summed E-state index contributed by atoms with van der Waals surface area (Å²) in [6, 6.07) is 21.5.